The first kappa shape index (κ1) is 13.7. The lowest BCUT2D eigenvalue weighted by Gasteiger charge is -2.11. The number of nitrogens with one attached hydrogen (secondary N) is 1. The van der Waals surface area contributed by atoms with Crippen molar-refractivity contribution < 1.29 is 5.11 Å². The molecule has 2 aromatic rings. The van der Waals surface area contributed by atoms with E-state index in [1.807, 2.05) is 6.92 Å². The number of aryl methyl sites for hydroxylation is 2. The molecule has 0 fully saturated rings. The average Bonchev–Trinajstić information content (AvgIpc) is 2.37. The van der Waals surface area contributed by atoms with Gasteiger partial charge in [0.15, 0.2) is 5.43 Å². The number of aromatic hydroxyl groups is 1. The zero-order chi connectivity index (χ0) is 14.0. The Balaban J connectivity index is 2.80. The van der Waals surface area contributed by atoms with Crippen molar-refractivity contribution in [3.8, 4) is 5.75 Å². The largest absolute Gasteiger partial charge is 0.508 e. The molecule has 1 aromatic heterocycles. The summed E-state index contributed by atoms with van der Waals surface area (Å²) in [5.41, 5.74) is 3.72. The Morgan fingerprint density at radius 3 is 2.47 bits per heavy atom. The Kier molecular flexibility index (Phi) is 3.93. The van der Waals surface area contributed by atoms with Crippen LogP contribution in [0.2, 0.25) is 0 Å². The highest BCUT2D eigenvalue weighted by Crippen LogP contribution is 2.23. The average molecular weight is 259 g/mol. The number of phenolic OH excluding ortho intramolecular Hbond substituents is 1. The minimum atomic E-state index is 0.0328. The Morgan fingerprint density at radius 1 is 1.16 bits per heavy atom. The lowest BCUT2D eigenvalue weighted by Crippen LogP contribution is -2.12. The van der Waals surface area contributed by atoms with Gasteiger partial charge >= 0.3 is 0 Å². The molecule has 0 spiro atoms. The lowest BCUT2D eigenvalue weighted by molar-refractivity contribution is 0.475. The van der Waals surface area contributed by atoms with Gasteiger partial charge in [-0.25, -0.2) is 0 Å². The second-order valence-corrected chi connectivity index (χ2v) is 5.09. The van der Waals surface area contributed by atoms with Crippen molar-refractivity contribution in [1.82, 2.24) is 4.98 Å². The van der Waals surface area contributed by atoms with E-state index in [4.69, 9.17) is 0 Å². The molecule has 0 bridgehead atoms. The Bertz CT molecular complexity index is 656. The SMILES string of the molecule is CCCc1[nH]c2c(CCC)cc(O)cc2c(=O)c1C. The van der Waals surface area contributed by atoms with Gasteiger partial charge < -0.3 is 10.1 Å². The first-order chi connectivity index (χ1) is 9.08. The summed E-state index contributed by atoms with van der Waals surface area (Å²) in [5.74, 6) is 0.170. The number of fused-ring (bicyclic) bond motifs is 1. The molecular formula is C16H21NO2. The highest BCUT2D eigenvalue weighted by Gasteiger charge is 2.11. The minimum Gasteiger partial charge on any atom is -0.508 e. The van der Waals surface area contributed by atoms with Crippen molar-refractivity contribution in [3.05, 3.63) is 39.2 Å². The van der Waals surface area contributed by atoms with Crippen molar-refractivity contribution in [3.63, 3.8) is 0 Å². The zero-order valence-electron chi connectivity index (χ0n) is 11.8. The quantitative estimate of drug-likeness (QED) is 0.883. The zero-order valence-corrected chi connectivity index (χ0v) is 11.8. The van der Waals surface area contributed by atoms with Gasteiger partial charge in [-0.1, -0.05) is 26.7 Å². The molecule has 3 heteroatoms. The van der Waals surface area contributed by atoms with Crippen LogP contribution >= 0.6 is 0 Å². The van der Waals surface area contributed by atoms with Gasteiger partial charge in [0.2, 0.25) is 0 Å². The van der Waals surface area contributed by atoms with Crippen molar-refractivity contribution in [2.75, 3.05) is 0 Å². The fourth-order valence-corrected chi connectivity index (χ4v) is 2.56. The van der Waals surface area contributed by atoms with Crippen LogP contribution in [-0.4, -0.2) is 10.1 Å². The molecular weight excluding hydrogens is 238 g/mol. The van der Waals surface area contributed by atoms with Crippen LogP contribution in [0.5, 0.6) is 5.75 Å². The number of aromatic amines is 1. The molecule has 0 amide bonds. The van der Waals surface area contributed by atoms with Crippen molar-refractivity contribution in [2.24, 2.45) is 0 Å². The standard InChI is InChI=1S/C16H21NO2/c1-4-6-11-8-12(18)9-13-15(11)17-14(7-5-2)10(3)16(13)19/h8-9,18H,4-7H2,1-3H3,(H,17,19). The van der Waals surface area contributed by atoms with E-state index in [-0.39, 0.29) is 11.2 Å². The van der Waals surface area contributed by atoms with E-state index in [1.54, 1.807) is 12.1 Å². The third-order valence-corrected chi connectivity index (χ3v) is 3.54. The highest BCUT2D eigenvalue weighted by molar-refractivity contribution is 5.84. The second-order valence-electron chi connectivity index (χ2n) is 5.09. The van der Waals surface area contributed by atoms with Gasteiger partial charge in [0.25, 0.3) is 0 Å². The summed E-state index contributed by atoms with van der Waals surface area (Å²) in [4.78, 5) is 15.8. The molecule has 2 rings (SSSR count). The van der Waals surface area contributed by atoms with Gasteiger partial charge in [0.1, 0.15) is 5.75 Å². The Morgan fingerprint density at radius 2 is 1.84 bits per heavy atom. The number of hydrogen-bond acceptors (Lipinski definition) is 2. The van der Waals surface area contributed by atoms with Crippen molar-refractivity contribution in [1.29, 1.82) is 0 Å². The Labute approximate surface area is 113 Å². The molecule has 0 saturated carbocycles. The lowest BCUT2D eigenvalue weighted by atomic mass is 10.0. The van der Waals surface area contributed by atoms with Crippen LogP contribution in [0.4, 0.5) is 0 Å². The number of hydrogen-bond donors (Lipinski definition) is 2. The molecule has 102 valence electrons. The first-order valence-electron chi connectivity index (χ1n) is 6.95. The van der Waals surface area contributed by atoms with Crippen LogP contribution in [0.1, 0.15) is 43.5 Å². The summed E-state index contributed by atoms with van der Waals surface area (Å²) >= 11 is 0. The van der Waals surface area contributed by atoms with E-state index in [0.717, 1.165) is 48.0 Å². The molecule has 0 aliphatic heterocycles. The van der Waals surface area contributed by atoms with Gasteiger partial charge in [0.05, 0.1) is 5.52 Å². The minimum absolute atomic E-state index is 0.0328. The fourth-order valence-electron chi connectivity index (χ4n) is 2.56. The molecule has 0 radical (unpaired) electrons. The van der Waals surface area contributed by atoms with Crippen LogP contribution in [0.25, 0.3) is 10.9 Å². The fraction of sp³-hybridized carbons (Fsp3) is 0.438. The number of H-pyrrole nitrogens is 1. The van der Waals surface area contributed by atoms with Gasteiger partial charge in [0, 0.05) is 16.6 Å². The molecule has 0 unspecified atom stereocenters. The summed E-state index contributed by atoms with van der Waals surface area (Å²) in [6, 6.07) is 3.32. The summed E-state index contributed by atoms with van der Waals surface area (Å²) in [6.07, 6.45) is 3.72. The molecule has 19 heavy (non-hydrogen) atoms. The second kappa shape index (κ2) is 5.47. The summed E-state index contributed by atoms with van der Waals surface area (Å²) < 4.78 is 0. The van der Waals surface area contributed by atoms with Gasteiger partial charge in [-0.3, -0.25) is 4.79 Å². The number of aromatic nitrogens is 1. The molecule has 1 aromatic carbocycles. The van der Waals surface area contributed by atoms with Gasteiger partial charge in [-0.2, -0.15) is 0 Å². The molecule has 1 heterocycles. The highest BCUT2D eigenvalue weighted by atomic mass is 16.3. The topological polar surface area (TPSA) is 53.1 Å². The van der Waals surface area contributed by atoms with Crippen molar-refractivity contribution >= 4 is 10.9 Å². The summed E-state index contributed by atoms with van der Waals surface area (Å²) in [6.45, 7) is 6.05. The third-order valence-electron chi connectivity index (χ3n) is 3.54. The molecule has 3 nitrogen and oxygen atoms in total. The molecule has 0 aliphatic carbocycles. The smallest absolute Gasteiger partial charge is 0.192 e. The normalized spacial score (nSPS) is 11.1. The molecule has 0 atom stereocenters. The maximum Gasteiger partial charge on any atom is 0.192 e. The van der Waals surface area contributed by atoms with Crippen LogP contribution in [0.3, 0.4) is 0 Å². The van der Waals surface area contributed by atoms with E-state index >= 15 is 0 Å². The number of phenols is 1. The number of benzene rings is 1. The summed E-state index contributed by atoms with van der Waals surface area (Å²) in [5, 5.41) is 10.4. The van der Waals surface area contributed by atoms with E-state index in [0.29, 0.717) is 5.39 Å². The van der Waals surface area contributed by atoms with Gasteiger partial charge in [-0.15, -0.1) is 0 Å². The molecule has 2 N–H and O–H groups in total. The van der Waals surface area contributed by atoms with Crippen LogP contribution in [-0.2, 0) is 12.8 Å². The van der Waals surface area contributed by atoms with E-state index in [1.165, 1.54) is 0 Å². The first-order valence-corrected chi connectivity index (χ1v) is 6.95. The monoisotopic (exact) mass is 259 g/mol. The predicted octanol–water partition coefficient (Wildman–Crippen LogP) is 3.45. The van der Waals surface area contributed by atoms with E-state index in [2.05, 4.69) is 18.8 Å². The molecule has 0 aliphatic rings. The Hall–Kier alpha value is -1.77. The maximum atomic E-state index is 12.4. The van der Waals surface area contributed by atoms with Crippen molar-refractivity contribution in [2.45, 2.75) is 46.5 Å². The van der Waals surface area contributed by atoms with Gasteiger partial charge in [-0.05, 0) is 37.5 Å². The number of pyridine rings is 1. The van der Waals surface area contributed by atoms with E-state index < -0.39 is 0 Å². The third kappa shape index (κ3) is 2.50. The summed E-state index contributed by atoms with van der Waals surface area (Å²) in [7, 11) is 0. The maximum absolute atomic E-state index is 12.4. The van der Waals surface area contributed by atoms with Crippen LogP contribution in [0.15, 0.2) is 16.9 Å². The van der Waals surface area contributed by atoms with E-state index in [9.17, 15) is 9.90 Å². The van der Waals surface area contributed by atoms with Crippen LogP contribution < -0.4 is 5.43 Å². The number of rotatable bonds is 4. The predicted molar refractivity (Wildman–Crippen MR) is 79.0 cm³/mol. The van der Waals surface area contributed by atoms with Crippen LogP contribution in [0, 0.1) is 6.92 Å². The molecule has 0 saturated heterocycles.